The molecule has 1 fully saturated rings. The van der Waals surface area contributed by atoms with Crippen LogP contribution >= 0.6 is 0 Å². The monoisotopic (exact) mass is 229 g/mol. The van der Waals surface area contributed by atoms with Crippen molar-refractivity contribution in [1.29, 1.82) is 0 Å². The van der Waals surface area contributed by atoms with Gasteiger partial charge in [0.05, 0.1) is 6.54 Å². The number of carboxylic acid groups (broad SMARTS) is 1. The van der Waals surface area contributed by atoms with Gasteiger partial charge in [-0.15, -0.1) is 0 Å². The lowest BCUT2D eigenvalue weighted by Gasteiger charge is -2.22. The minimum absolute atomic E-state index is 0.0533. The van der Waals surface area contributed by atoms with E-state index in [1.54, 1.807) is 11.9 Å². The lowest BCUT2D eigenvalue weighted by atomic mass is 10.3. The molecule has 1 aliphatic heterocycles. The van der Waals surface area contributed by atoms with Crippen LogP contribution in [0.15, 0.2) is 0 Å². The zero-order chi connectivity index (χ0) is 12.1. The number of hydrogen-bond acceptors (Lipinski definition) is 4. The Morgan fingerprint density at radius 2 is 2.00 bits per heavy atom. The molecule has 16 heavy (non-hydrogen) atoms. The van der Waals surface area contributed by atoms with Crippen molar-refractivity contribution in [3.63, 3.8) is 0 Å². The molecular formula is C10H19N3O3. The third-order valence-corrected chi connectivity index (χ3v) is 2.69. The summed E-state index contributed by atoms with van der Waals surface area (Å²) in [5.41, 5.74) is 5.38. The Morgan fingerprint density at radius 1 is 1.44 bits per heavy atom. The van der Waals surface area contributed by atoms with E-state index in [0.29, 0.717) is 0 Å². The number of carboxylic acids is 1. The molecule has 0 bridgehead atoms. The second kappa shape index (κ2) is 5.81. The first-order valence-corrected chi connectivity index (χ1v) is 5.45. The maximum Gasteiger partial charge on any atom is 0.321 e. The van der Waals surface area contributed by atoms with Crippen LogP contribution in [0, 0.1) is 0 Å². The number of amides is 1. The minimum Gasteiger partial charge on any atom is -0.480 e. The van der Waals surface area contributed by atoms with Crippen LogP contribution in [0.5, 0.6) is 0 Å². The molecule has 1 atom stereocenters. The highest BCUT2D eigenvalue weighted by atomic mass is 16.4. The van der Waals surface area contributed by atoms with E-state index in [-0.39, 0.29) is 19.0 Å². The lowest BCUT2D eigenvalue weighted by Crippen LogP contribution is -2.45. The number of rotatable bonds is 5. The molecule has 1 aliphatic rings. The molecule has 0 spiro atoms. The molecule has 1 saturated heterocycles. The zero-order valence-electron chi connectivity index (χ0n) is 9.56. The summed E-state index contributed by atoms with van der Waals surface area (Å²) >= 11 is 0. The summed E-state index contributed by atoms with van der Waals surface area (Å²) in [5.74, 6) is -0.988. The van der Waals surface area contributed by atoms with E-state index >= 15 is 0 Å². The Labute approximate surface area is 95.0 Å². The topological polar surface area (TPSA) is 86.9 Å². The van der Waals surface area contributed by atoms with Gasteiger partial charge in [-0.25, -0.2) is 0 Å². The van der Waals surface area contributed by atoms with Gasteiger partial charge in [0.25, 0.3) is 0 Å². The second-order valence-electron chi connectivity index (χ2n) is 4.23. The van der Waals surface area contributed by atoms with Gasteiger partial charge < -0.3 is 15.7 Å². The molecule has 0 aliphatic carbocycles. The number of nitrogens with two attached hydrogens (primary N) is 1. The Morgan fingerprint density at radius 3 is 2.50 bits per heavy atom. The highest BCUT2D eigenvalue weighted by Crippen LogP contribution is 2.07. The number of nitrogens with zero attached hydrogens (tertiary/aromatic N) is 2. The Bertz CT molecular complexity index is 264. The molecule has 0 saturated carbocycles. The van der Waals surface area contributed by atoms with Crippen LogP contribution in [-0.4, -0.2) is 66.1 Å². The van der Waals surface area contributed by atoms with Crippen molar-refractivity contribution in [2.75, 3.05) is 33.2 Å². The van der Waals surface area contributed by atoms with Crippen LogP contribution in [0.1, 0.15) is 12.8 Å². The van der Waals surface area contributed by atoms with Gasteiger partial charge >= 0.3 is 5.97 Å². The first-order valence-electron chi connectivity index (χ1n) is 5.45. The Hall–Kier alpha value is -1.14. The normalized spacial score (nSPS) is 17.8. The third-order valence-electron chi connectivity index (χ3n) is 2.69. The summed E-state index contributed by atoms with van der Waals surface area (Å²) < 4.78 is 0. The van der Waals surface area contributed by atoms with E-state index in [1.165, 1.54) is 0 Å². The number of carbonyl (C=O) groups excluding carboxylic acids is 1. The van der Waals surface area contributed by atoms with Gasteiger partial charge in [0, 0.05) is 19.6 Å². The first kappa shape index (κ1) is 12.9. The van der Waals surface area contributed by atoms with Crippen molar-refractivity contribution >= 4 is 11.9 Å². The average molecular weight is 229 g/mol. The largest absolute Gasteiger partial charge is 0.480 e. The van der Waals surface area contributed by atoms with Gasteiger partial charge in [0.1, 0.15) is 6.04 Å². The number of carbonyl (C=O) groups is 2. The van der Waals surface area contributed by atoms with Gasteiger partial charge in [-0.05, 0) is 19.9 Å². The fourth-order valence-corrected chi connectivity index (χ4v) is 1.78. The predicted molar refractivity (Wildman–Crippen MR) is 58.9 cm³/mol. The average Bonchev–Trinajstić information content (AvgIpc) is 2.69. The highest BCUT2D eigenvalue weighted by molar-refractivity contribution is 5.78. The molecule has 1 amide bonds. The summed E-state index contributed by atoms with van der Waals surface area (Å²) in [4.78, 5) is 25.7. The van der Waals surface area contributed by atoms with Crippen LogP contribution in [0.2, 0.25) is 0 Å². The van der Waals surface area contributed by atoms with Crippen LogP contribution < -0.4 is 5.73 Å². The van der Waals surface area contributed by atoms with Crippen molar-refractivity contribution in [2.45, 2.75) is 18.9 Å². The molecule has 0 aromatic rings. The van der Waals surface area contributed by atoms with Crippen LogP contribution in [-0.2, 0) is 9.59 Å². The van der Waals surface area contributed by atoms with E-state index in [4.69, 9.17) is 10.8 Å². The first-order chi connectivity index (χ1) is 7.50. The summed E-state index contributed by atoms with van der Waals surface area (Å²) in [6.45, 7) is 2.06. The van der Waals surface area contributed by atoms with Gasteiger partial charge in [0.15, 0.2) is 0 Å². The SMILES string of the molecule is CN(CC(=O)N1CCCC1)CC(N)C(=O)O. The number of likely N-dealkylation sites (N-methyl/N-ethyl adjacent to an activating group) is 1. The summed E-state index contributed by atoms with van der Waals surface area (Å²) in [7, 11) is 1.71. The van der Waals surface area contributed by atoms with E-state index < -0.39 is 12.0 Å². The fraction of sp³-hybridized carbons (Fsp3) is 0.800. The molecule has 92 valence electrons. The quantitative estimate of drug-likeness (QED) is 0.628. The van der Waals surface area contributed by atoms with Crippen LogP contribution in [0.4, 0.5) is 0 Å². The molecule has 6 heteroatoms. The maximum atomic E-state index is 11.7. The summed E-state index contributed by atoms with van der Waals surface area (Å²) in [6, 6.07) is -0.934. The molecule has 1 heterocycles. The molecular weight excluding hydrogens is 210 g/mol. The number of aliphatic carboxylic acids is 1. The Kier molecular flexibility index (Phi) is 4.70. The summed E-state index contributed by atoms with van der Waals surface area (Å²) in [5, 5.41) is 8.63. The lowest BCUT2D eigenvalue weighted by molar-refractivity contribution is -0.139. The molecule has 1 unspecified atom stereocenters. The second-order valence-corrected chi connectivity index (χ2v) is 4.23. The van der Waals surface area contributed by atoms with E-state index in [1.807, 2.05) is 4.90 Å². The van der Waals surface area contributed by atoms with E-state index in [2.05, 4.69) is 0 Å². The third kappa shape index (κ3) is 3.79. The number of likely N-dealkylation sites (tertiary alicyclic amines) is 1. The predicted octanol–water partition coefficient (Wildman–Crippen LogP) is -1.05. The molecule has 0 radical (unpaired) electrons. The molecule has 0 aromatic heterocycles. The van der Waals surface area contributed by atoms with Gasteiger partial charge in [-0.3, -0.25) is 14.5 Å². The van der Waals surface area contributed by atoms with Crippen molar-refractivity contribution in [3.8, 4) is 0 Å². The standard InChI is InChI=1S/C10H19N3O3/c1-12(6-8(11)10(15)16)7-9(14)13-4-2-3-5-13/h8H,2-7,11H2,1H3,(H,15,16). The van der Waals surface area contributed by atoms with E-state index in [9.17, 15) is 9.59 Å². The van der Waals surface area contributed by atoms with Crippen molar-refractivity contribution in [1.82, 2.24) is 9.80 Å². The zero-order valence-corrected chi connectivity index (χ0v) is 9.56. The van der Waals surface area contributed by atoms with Gasteiger partial charge in [-0.1, -0.05) is 0 Å². The highest BCUT2D eigenvalue weighted by Gasteiger charge is 2.21. The minimum atomic E-state index is -1.04. The number of hydrogen-bond donors (Lipinski definition) is 2. The van der Waals surface area contributed by atoms with Gasteiger partial charge in [-0.2, -0.15) is 0 Å². The molecule has 3 N–H and O–H groups in total. The summed E-state index contributed by atoms with van der Waals surface area (Å²) in [6.07, 6.45) is 2.12. The fourth-order valence-electron chi connectivity index (χ4n) is 1.78. The van der Waals surface area contributed by atoms with Crippen molar-refractivity contribution in [3.05, 3.63) is 0 Å². The van der Waals surface area contributed by atoms with E-state index in [0.717, 1.165) is 25.9 Å². The van der Waals surface area contributed by atoms with Crippen LogP contribution in [0.25, 0.3) is 0 Å². The molecule has 1 rings (SSSR count). The van der Waals surface area contributed by atoms with Gasteiger partial charge in [0.2, 0.25) is 5.91 Å². The Balaban J connectivity index is 2.30. The molecule has 6 nitrogen and oxygen atoms in total. The smallest absolute Gasteiger partial charge is 0.321 e. The molecule has 0 aromatic carbocycles. The van der Waals surface area contributed by atoms with Crippen molar-refractivity contribution < 1.29 is 14.7 Å². The maximum absolute atomic E-state index is 11.7. The van der Waals surface area contributed by atoms with Crippen molar-refractivity contribution in [2.24, 2.45) is 5.73 Å². The van der Waals surface area contributed by atoms with Crippen LogP contribution in [0.3, 0.4) is 0 Å².